The summed E-state index contributed by atoms with van der Waals surface area (Å²) in [7, 11) is 0. The molecule has 4 N–H and O–H groups in total. The van der Waals surface area contributed by atoms with E-state index in [1.807, 2.05) is 85.3 Å². The van der Waals surface area contributed by atoms with Crippen LogP contribution < -0.4 is 16.4 Å². The zero-order chi connectivity index (χ0) is 21.2. The van der Waals surface area contributed by atoms with Crippen LogP contribution >= 0.6 is 11.3 Å². The van der Waals surface area contributed by atoms with Crippen molar-refractivity contribution in [2.75, 3.05) is 16.4 Å². The Morgan fingerprint density at radius 2 is 1.84 bits per heavy atom. The normalized spacial score (nSPS) is 10.8. The topological polar surface area (TPSA) is 80.3 Å². The van der Waals surface area contributed by atoms with Gasteiger partial charge in [-0.1, -0.05) is 48.2 Å². The Bertz CT molecular complexity index is 1380. The molecule has 152 valence electrons. The highest BCUT2D eigenvalue weighted by molar-refractivity contribution is 7.18. The number of imidazole rings is 1. The molecule has 2 aromatic carbocycles. The van der Waals surface area contributed by atoms with Crippen molar-refractivity contribution in [3.63, 3.8) is 0 Å². The van der Waals surface area contributed by atoms with E-state index in [2.05, 4.69) is 31.6 Å². The number of hydrogen-bond donors (Lipinski definition) is 3. The summed E-state index contributed by atoms with van der Waals surface area (Å²) < 4.78 is 2.06. The second-order valence-electron chi connectivity index (χ2n) is 7.00. The molecule has 0 unspecified atom stereocenters. The Morgan fingerprint density at radius 1 is 0.968 bits per heavy atom. The van der Waals surface area contributed by atoms with Gasteiger partial charge in [0.15, 0.2) is 5.13 Å². The van der Waals surface area contributed by atoms with Crippen molar-refractivity contribution in [1.29, 1.82) is 0 Å². The van der Waals surface area contributed by atoms with E-state index >= 15 is 0 Å². The first-order valence-electron chi connectivity index (χ1n) is 9.73. The highest BCUT2D eigenvalue weighted by atomic mass is 32.1. The summed E-state index contributed by atoms with van der Waals surface area (Å²) >= 11 is 1.58. The number of pyridine rings is 1. The number of nitrogens with zero attached hydrogens (tertiary/aromatic N) is 3. The summed E-state index contributed by atoms with van der Waals surface area (Å²) in [6.07, 6.45) is 5.75. The zero-order valence-corrected chi connectivity index (χ0v) is 17.4. The van der Waals surface area contributed by atoms with Crippen LogP contribution in [-0.4, -0.2) is 14.4 Å². The van der Waals surface area contributed by atoms with Crippen LogP contribution in [0.25, 0.3) is 21.9 Å². The number of fused-ring (bicyclic) bond motifs is 1. The van der Waals surface area contributed by atoms with Crippen molar-refractivity contribution in [2.45, 2.75) is 0 Å². The molecular weight excluding hydrogens is 404 g/mol. The Kier molecular flexibility index (Phi) is 4.86. The van der Waals surface area contributed by atoms with Gasteiger partial charge in [-0.3, -0.25) is 4.40 Å². The molecule has 3 heterocycles. The van der Waals surface area contributed by atoms with Crippen LogP contribution in [-0.2, 0) is 0 Å². The molecule has 0 bridgehead atoms. The van der Waals surface area contributed by atoms with Gasteiger partial charge >= 0.3 is 0 Å². The largest absolute Gasteiger partial charge is 0.397 e. The highest BCUT2D eigenvalue weighted by Gasteiger charge is 2.10. The van der Waals surface area contributed by atoms with Gasteiger partial charge in [-0.05, 0) is 42.0 Å². The lowest BCUT2D eigenvalue weighted by Crippen LogP contribution is -2.01. The van der Waals surface area contributed by atoms with Crippen LogP contribution in [0.15, 0.2) is 91.9 Å². The number of benzene rings is 2. The van der Waals surface area contributed by atoms with Crippen molar-refractivity contribution in [3.05, 3.63) is 97.5 Å². The molecule has 6 nitrogen and oxygen atoms in total. The smallest absolute Gasteiger partial charge is 0.187 e. The number of rotatable bonds is 6. The average molecular weight is 425 g/mol. The number of hydrogen-bond acceptors (Lipinski definition) is 6. The molecule has 31 heavy (non-hydrogen) atoms. The van der Waals surface area contributed by atoms with Gasteiger partial charge in [0.2, 0.25) is 0 Å². The molecule has 0 saturated carbocycles. The minimum absolute atomic E-state index is 0.681. The summed E-state index contributed by atoms with van der Waals surface area (Å²) in [5.74, 6) is 0. The first-order valence-corrected chi connectivity index (χ1v) is 10.6. The third-order valence-corrected chi connectivity index (χ3v) is 5.82. The van der Waals surface area contributed by atoms with E-state index in [0.717, 1.165) is 44.0 Å². The van der Waals surface area contributed by atoms with Crippen molar-refractivity contribution in [3.8, 4) is 10.6 Å². The number of nitrogen functional groups attached to an aromatic ring is 1. The summed E-state index contributed by atoms with van der Waals surface area (Å²) in [5, 5.41) is 7.49. The van der Waals surface area contributed by atoms with E-state index in [1.54, 1.807) is 11.3 Å². The molecular formula is C24H20N6S. The lowest BCUT2D eigenvalue weighted by atomic mass is 10.1. The van der Waals surface area contributed by atoms with E-state index in [-0.39, 0.29) is 0 Å². The second kappa shape index (κ2) is 7.97. The zero-order valence-electron chi connectivity index (χ0n) is 16.6. The average Bonchev–Trinajstić information content (AvgIpc) is 3.42. The summed E-state index contributed by atoms with van der Waals surface area (Å²) in [6, 6.07) is 21.6. The van der Waals surface area contributed by atoms with E-state index in [0.29, 0.717) is 5.69 Å². The first kappa shape index (κ1) is 18.9. The monoisotopic (exact) mass is 424 g/mol. The van der Waals surface area contributed by atoms with Gasteiger partial charge in [0, 0.05) is 23.8 Å². The quantitative estimate of drug-likeness (QED) is 0.297. The van der Waals surface area contributed by atoms with Gasteiger partial charge in [-0.2, -0.15) is 0 Å². The fraction of sp³-hybridized carbons (Fsp3) is 0. The van der Waals surface area contributed by atoms with Crippen LogP contribution in [0.4, 0.5) is 22.2 Å². The van der Waals surface area contributed by atoms with Crippen molar-refractivity contribution in [1.82, 2.24) is 14.4 Å². The Labute approximate surface area is 183 Å². The van der Waals surface area contributed by atoms with Gasteiger partial charge < -0.3 is 16.4 Å². The van der Waals surface area contributed by atoms with Crippen LogP contribution in [0.5, 0.6) is 0 Å². The minimum Gasteiger partial charge on any atom is -0.397 e. The molecule has 0 amide bonds. The predicted molar refractivity (Wildman–Crippen MR) is 130 cm³/mol. The third kappa shape index (κ3) is 3.86. The minimum atomic E-state index is 0.681. The molecule has 0 atom stereocenters. The van der Waals surface area contributed by atoms with Gasteiger partial charge in [0.05, 0.1) is 28.1 Å². The molecule has 0 radical (unpaired) electrons. The molecule has 0 spiro atoms. The molecule has 3 aromatic heterocycles. The van der Waals surface area contributed by atoms with Crippen LogP contribution in [0, 0.1) is 0 Å². The number of aromatic nitrogens is 3. The van der Waals surface area contributed by atoms with Gasteiger partial charge in [-0.15, -0.1) is 0 Å². The van der Waals surface area contributed by atoms with E-state index in [4.69, 9.17) is 5.73 Å². The van der Waals surface area contributed by atoms with Gasteiger partial charge in [-0.25, -0.2) is 9.97 Å². The molecule has 7 heteroatoms. The van der Waals surface area contributed by atoms with Crippen LogP contribution in [0.3, 0.4) is 0 Å². The fourth-order valence-corrected chi connectivity index (χ4v) is 4.16. The standard InChI is InChI=1S/C24H20N6S/c1-16(28-20-10-3-2-9-19(20)25)17-7-6-8-18(13-17)29-24-27-15-22(31-24)21-14-26-23-11-4-5-12-30(21)23/h2-15,28H,1,25H2,(H,27,29). The number of anilines is 4. The summed E-state index contributed by atoms with van der Waals surface area (Å²) in [5.41, 5.74) is 12.1. The fourth-order valence-electron chi connectivity index (χ4n) is 3.32. The van der Waals surface area contributed by atoms with Crippen molar-refractivity contribution >= 4 is 44.9 Å². The molecule has 0 fully saturated rings. The molecule has 5 rings (SSSR count). The van der Waals surface area contributed by atoms with Crippen LogP contribution in [0.2, 0.25) is 0 Å². The van der Waals surface area contributed by atoms with Crippen molar-refractivity contribution in [2.24, 2.45) is 0 Å². The van der Waals surface area contributed by atoms with E-state index in [1.165, 1.54) is 0 Å². The Balaban J connectivity index is 1.34. The van der Waals surface area contributed by atoms with Crippen LogP contribution in [0.1, 0.15) is 5.56 Å². The lowest BCUT2D eigenvalue weighted by Gasteiger charge is -2.13. The van der Waals surface area contributed by atoms with Gasteiger partial charge in [0.25, 0.3) is 0 Å². The molecule has 0 aliphatic heterocycles. The maximum atomic E-state index is 6.03. The highest BCUT2D eigenvalue weighted by Crippen LogP contribution is 2.32. The Hall–Kier alpha value is -4.10. The maximum Gasteiger partial charge on any atom is 0.187 e. The number of thiazole rings is 1. The molecule has 0 saturated heterocycles. The molecule has 5 aromatic rings. The second-order valence-corrected chi connectivity index (χ2v) is 8.03. The van der Waals surface area contributed by atoms with E-state index in [9.17, 15) is 0 Å². The van der Waals surface area contributed by atoms with Gasteiger partial charge in [0.1, 0.15) is 5.65 Å². The first-order chi connectivity index (χ1) is 15.2. The number of nitrogens with two attached hydrogens (primary N) is 1. The molecule has 0 aliphatic carbocycles. The molecule has 0 aliphatic rings. The summed E-state index contributed by atoms with van der Waals surface area (Å²) in [6.45, 7) is 4.16. The van der Waals surface area contributed by atoms with Crippen molar-refractivity contribution < 1.29 is 0 Å². The number of para-hydroxylation sites is 2. The maximum absolute atomic E-state index is 6.03. The Morgan fingerprint density at radius 3 is 2.74 bits per heavy atom. The predicted octanol–water partition coefficient (Wildman–Crippen LogP) is 5.87. The third-order valence-electron chi connectivity index (χ3n) is 4.88. The van der Waals surface area contributed by atoms with E-state index < -0.39 is 0 Å². The SMILES string of the molecule is C=C(Nc1ccccc1N)c1cccc(Nc2ncc(-c3cnc4ccccn34)s2)c1. The number of nitrogens with one attached hydrogen (secondary N) is 2. The lowest BCUT2D eigenvalue weighted by molar-refractivity contribution is 1.19. The summed E-state index contributed by atoms with van der Waals surface area (Å²) in [4.78, 5) is 10.0.